The average molecular weight is 346 g/mol. The van der Waals surface area contributed by atoms with E-state index in [4.69, 9.17) is 9.73 Å². The van der Waals surface area contributed by atoms with E-state index in [2.05, 4.69) is 22.0 Å². The third-order valence-corrected chi connectivity index (χ3v) is 5.14. The summed E-state index contributed by atoms with van der Waals surface area (Å²) < 4.78 is 5.24. The van der Waals surface area contributed by atoms with Crippen LogP contribution in [0.2, 0.25) is 0 Å². The molecule has 2 saturated heterocycles. The van der Waals surface area contributed by atoms with Crippen molar-refractivity contribution >= 4 is 5.96 Å². The lowest BCUT2D eigenvalue weighted by Gasteiger charge is -2.25. The maximum absolute atomic E-state index is 10.1. The van der Waals surface area contributed by atoms with E-state index in [9.17, 15) is 5.11 Å². The highest BCUT2D eigenvalue weighted by Crippen LogP contribution is 2.24. The molecule has 6 heteroatoms. The highest BCUT2D eigenvalue weighted by atomic mass is 16.5. The van der Waals surface area contributed by atoms with E-state index < -0.39 is 0 Å². The summed E-state index contributed by atoms with van der Waals surface area (Å²) >= 11 is 0. The van der Waals surface area contributed by atoms with E-state index >= 15 is 0 Å². The van der Waals surface area contributed by atoms with E-state index in [1.54, 1.807) is 19.2 Å². The lowest BCUT2D eigenvalue weighted by Crippen LogP contribution is -2.42. The zero-order chi connectivity index (χ0) is 17.6. The Bertz CT molecular complexity index is 599. The van der Waals surface area contributed by atoms with Gasteiger partial charge in [0.25, 0.3) is 0 Å². The van der Waals surface area contributed by atoms with Gasteiger partial charge in [-0.3, -0.25) is 4.90 Å². The van der Waals surface area contributed by atoms with Crippen LogP contribution in [0.4, 0.5) is 0 Å². The molecule has 1 atom stereocenters. The van der Waals surface area contributed by atoms with Gasteiger partial charge in [-0.15, -0.1) is 0 Å². The molecule has 1 unspecified atom stereocenters. The Morgan fingerprint density at radius 1 is 1.32 bits per heavy atom. The maximum atomic E-state index is 10.1. The summed E-state index contributed by atoms with van der Waals surface area (Å²) in [4.78, 5) is 9.73. The van der Waals surface area contributed by atoms with Gasteiger partial charge in [-0.25, -0.2) is 4.99 Å². The van der Waals surface area contributed by atoms with Crippen LogP contribution in [0.5, 0.6) is 11.5 Å². The summed E-state index contributed by atoms with van der Waals surface area (Å²) in [7, 11) is 1.63. The molecule has 0 amide bonds. The van der Waals surface area contributed by atoms with Crippen molar-refractivity contribution in [3.05, 3.63) is 23.8 Å². The number of benzene rings is 1. The molecule has 0 spiro atoms. The minimum atomic E-state index is 0.261. The van der Waals surface area contributed by atoms with Crippen molar-refractivity contribution < 1.29 is 9.84 Å². The molecule has 0 aromatic heterocycles. The van der Waals surface area contributed by atoms with Crippen molar-refractivity contribution in [3.63, 3.8) is 0 Å². The highest BCUT2D eigenvalue weighted by molar-refractivity contribution is 5.80. The summed E-state index contributed by atoms with van der Waals surface area (Å²) in [6, 6.07) is 5.92. The van der Waals surface area contributed by atoms with Crippen LogP contribution < -0.4 is 10.1 Å². The number of rotatable bonds is 5. The summed E-state index contributed by atoms with van der Waals surface area (Å²) in [5, 5.41) is 13.5. The van der Waals surface area contributed by atoms with Crippen LogP contribution in [0, 0.1) is 0 Å². The largest absolute Gasteiger partial charge is 0.508 e. The van der Waals surface area contributed by atoms with Crippen LogP contribution in [-0.2, 0) is 6.54 Å². The van der Waals surface area contributed by atoms with Gasteiger partial charge in [0.15, 0.2) is 5.96 Å². The van der Waals surface area contributed by atoms with Crippen molar-refractivity contribution in [2.75, 3.05) is 39.8 Å². The molecule has 0 aliphatic carbocycles. The van der Waals surface area contributed by atoms with Gasteiger partial charge in [0.1, 0.15) is 11.5 Å². The Hall–Kier alpha value is -1.95. The van der Waals surface area contributed by atoms with Crippen LogP contribution in [0.3, 0.4) is 0 Å². The Labute approximate surface area is 150 Å². The van der Waals surface area contributed by atoms with Crippen molar-refractivity contribution in [2.45, 2.75) is 38.8 Å². The minimum Gasteiger partial charge on any atom is -0.508 e. The average Bonchev–Trinajstić information content (AvgIpc) is 3.31. The van der Waals surface area contributed by atoms with Crippen LogP contribution in [0.25, 0.3) is 0 Å². The quantitative estimate of drug-likeness (QED) is 0.631. The summed E-state index contributed by atoms with van der Waals surface area (Å²) in [6.45, 7) is 7.93. The molecule has 6 nitrogen and oxygen atoms in total. The van der Waals surface area contributed by atoms with E-state index in [0.29, 0.717) is 12.6 Å². The number of ether oxygens (including phenoxy) is 1. The Kier molecular flexibility index (Phi) is 6.02. The predicted molar refractivity (Wildman–Crippen MR) is 100 cm³/mol. The number of likely N-dealkylation sites (tertiary alicyclic amines) is 2. The molecule has 2 aliphatic rings. The lowest BCUT2D eigenvalue weighted by molar-refractivity contribution is 0.249. The Morgan fingerprint density at radius 2 is 2.12 bits per heavy atom. The monoisotopic (exact) mass is 346 g/mol. The van der Waals surface area contributed by atoms with E-state index in [1.165, 1.54) is 32.4 Å². The third kappa shape index (κ3) is 4.37. The molecule has 25 heavy (non-hydrogen) atoms. The predicted octanol–water partition coefficient (Wildman–Crippen LogP) is 2.04. The fraction of sp³-hybridized carbons (Fsp3) is 0.632. The van der Waals surface area contributed by atoms with E-state index in [0.717, 1.165) is 36.9 Å². The minimum absolute atomic E-state index is 0.261. The molecule has 2 N–H and O–H groups in total. The summed E-state index contributed by atoms with van der Waals surface area (Å²) in [6.07, 6.45) is 3.87. The third-order valence-electron chi connectivity index (χ3n) is 5.14. The second kappa shape index (κ2) is 8.43. The molecule has 2 aliphatic heterocycles. The molecule has 0 radical (unpaired) electrons. The Balaban J connectivity index is 1.67. The molecular formula is C19H30N4O2. The standard InChI is InChI=1S/C19H30N4O2/c1-3-20-19(21-13-15-12-17(25-2)6-7-18(15)24)23-11-8-16(14-23)22-9-4-5-10-22/h6-7,12,16,24H,3-5,8-11,13-14H2,1-2H3,(H,20,21). The molecular weight excluding hydrogens is 316 g/mol. The SMILES string of the molecule is CCNC(=NCc1cc(OC)ccc1O)N1CCC(N2CCCC2)C1. The van der Waals surface area contributed by atoms with Crippen molar-refractivity contribution in [1.82, 2.24) is 15.1 Å². The maximum Gasteiger partial charge on any atom is 0.194 e. The van der Waals surface area contributed by atoms with Crippen LogP contribution in [0.15, 0.2) is 23.2 Å². The van der Waals surface area contributed by atoms with Gasteiger partial charge in [0.05, 0.1) is 13.7 Å². The molecule has 1 aromatic rings. The number of methoxy groups -OCH3 is 1. The summed E-state index contributed by atoms with van der Waals surface area (Å²) in [5.74, 6) is 1.94. The number of phenols is 1. The number of nitrogens with zero attached hydrogens (tertiary/aromatic N) is 3. The number of aliphatic imine (C=N–C) groups is 1. The van der Waals surface area contributed by atoms with Crippen molar-refractivity contribution in [3.8, 4) is 11.5 Å². The summed E-state index contributed by atoms with van der Waals surface area (Å²) in [5.41, 5.74) is 0.782. The van der Waals surface area contributed by atoms with Gasteiger partial charge < -0.3 is 20.1 Å². The number of hydrogen-bond donors (Lipinski definition) is 2. The molecule has 138 valence electrons. The number of nitrogens with one attached hydrogen (secondary N) is 1. The first-order valence-corrected chi connectivity index (χ1v) is 9.34. The zero-order valence-corrected chi connectivity index (χ0v) is 15.4. The van der Waals surface area contributed by atoms with Gasteiger partial charge in [-0.2, -0.15) is 0 Å². The molecule has 2 heterocycles. The molecule has 0 saturated carbocycles. The Morgan fingerprint density at radius 3 is 2.84 bits per heavy atom. The van der Waals surface area contributed by atoms with Gasteiger partial charge in [-0.1, -0.05) is 0 Å². The second-order valence-corrected chi connectivity index (χ2v) is 6.80. The van der Waals surface area contributed by atoms with Gasteiger partial charge >= 0.3 is 0 Å². The molecule has 2 fully saturated rings. The van der Waals surface area contributed by atoms with Crippen molar-refractivity contribution in [2.24, 2.45) is 4.99 Å². The van der Waals surface area contributed by atoms with Crippen molar-refractivity contribution in [1.29, 1.82) is 0 Å². The number of phenolic OH excluding ortho intramolecular Hbond substituents is 1. The van der Waals surface area contributed by atoms with Gasteiger partial charge in [0, 0.05) is 31.2 Å². The highest BCUT2D eigenvalue weighted by Gasteiger charge is 2.30. The smallest absolute Gasteiger partial charge is 0.194 e. The van der Waals surface area contributed by atoms with E-state index in [1.807, 2.05) is 6.07 Å². The number of hydrogen-bond acceptors (Lipinski definition) is 4. The van der Waals surface area contributed by atoms with Gasteiger partial charge in [0.2, 0.25) is 0 Å². The fourth-order valence-corrected chi connectivity index (χ4v) is 3.74. The fourth-order valence-electron chi connectivity index (χ4n) is 3.74. The molecule has 1 aromatic carbocycles. The molecule has 0 bridgehead atoms. The first-order valence-electron chi connectivity index (χ1n) is 9.34. The van der Waals surface area contributed by atoms with E-state index in [-0.39, 0.29) is 5.75 Å². The first-order chi connectivity index (χ1) is 12.2. The first kappa shape index (κ1) is 17.9. The lowest BCUT2D eigenvalue weighted by atomic mass is 10.2. The number of guanidine groups is 1. The second-order valence-electron chi connectivity index (χ2n) is 6.80. The van der Waals surface area contributed by atoms with Crippen LogP contribution in [0.1, 0.15) is 31.7 Å². The zero-order valence-electron chi connectivity index (χ0n) is 15.4. The van der Waals surface area contributed by atoms with Crippen LogP contribution in [-0.4, -0.2) is 66.7 Å². The van der Waals surface area contributed by atoms with Crippen LogP contribution >= 0.6 is 0 Å². The number of aromatic hydroxyl groups is 1. The topological polar surface area (TPSA) is 60.3 Å². The molecule has 3 rings (SSSR count). The van der Waals surface area contributed by atoms with Gasteiger partial charge in [-0.05, 0) is 57.5 Å². The normalized spacial score (nSPS) is 21.8.